The quantitative estimate of drug-likeness (QED) is 0.787. The van der Waals surface area contributed by atoms with Crippen LogP contribution in [0.2, 0.25) is 0 Å². The van der Waals surface area contributed by atoms with Crippen molar-refractivity contribution in [2.75, 3.05) is 39.3 Å². The van der Waals surface area contributed by atoms with E-state index in [0.29, 0.717) is 24.7 Å². The summed E-state index contributed by atoms with van der Waals surface area (Å²) in [6, 6.07) is 1.85. The lowest BCUT2D eigenvalue weighted by Gasteiger charge is -2.48. The molecule has 0 saturated carbocycles. The number of nitrogens with zero attached hydrogens (tertiary/aromatic N) is 4. The SMILES string of the molecule is CC(C)N1CCC(N2CCN(Cc3nc4c(s3)CCCC4)C[C@H]2CCO)CC1. The van der Waals surface area contributed by atoms with Crippen molar-refractivity contribution in [3.05, 3.63) is 15.6 Å². The third kappa shape index (κ3) is 4.78. The molecule has 3 aliphatic rings. The third-order valence-corrected chi connectivity index (χ3v) is 8.16. The van der Waals surface area contributed by atoms with E-state index in [4.69, 9.17) is 4.98 Å². The Morgan fingerprint density at radius 1 is 1.11 bits per heavy atom. The standard InChI is InChI=1S/C22H38N4OS/c1-17(2)25-10-7-18(8-11-25)26-13-12-24(15-19(26)9-14-27)16-22-23-20-5-3-4-6-21(20)28-22/h17-19,27H,3-16H2,1-2H3/t19-/m1/s1. The first-order chi connectivity index (χ1) is 13.6. The summed E-state index contributed by atoms with van der Waals surface area (Å²) >= 11 is 1.95. The van der Waals surface area contributed by atoms with Crippen molar-refractivity contribution in [3.8, 4) is 0 Å². The van der Waals surface area contributed by atoms with Crippen molar-refractivity contribution in [1.82, 2.24) is 19.7 Å². The molecule has 1 aliphatic carbocycles. The summed E-state index contributed by atoms with van der Waals surface area (Å²) in [5.74, 6) is 0. The van der Waals surface area contributed by atoms with Crippen LogP contribution in [-0.2, 0) is 19.4 Å². The maximum atomic E-state index is 9.67. The topological polar surface area (TPSA) is 42.8 Å². The number of likely N-dealkylation sites (tertiary alicyclic amines) is 1. The Kier molecular flexibility index (Phi) is 7.05. The van der Waals surface area contributed by atoms with Gasteiger partial charge in [0.05, 0.1) is 12.2 Å². The monoisotopic (exact) mass is 406 g/mol. The van der Waals surface area contributed by atoms with Crippen LogP contribution in [0.25, 0.3) is 0 Å². The van der Waals surface area contributed by atoms with Gasteiger partial charge in [0, 0.05) is 49.2 Å². The first-order valence-electron chi connectivity index (χ1n) is 11.4. The molecule has 3 heterocycles. The first kappa shape index (κ1) is 20.7. The number of aliphatic hydroxyl groups is 1. The van der Waals surface area contributed by atoms with Gasteiger partial charge in [-0.25, -0.2) is 4.98 Å². The number of hydrogen-bond donors (Lipinski definition) is 1. The third-order valence-electron chi connectivity index (χ3n) is 7.02. The van der Waals surface area contributed by atoms with Crippen LogP contribution in [-0.4, -0.2) is 82.2 Å². The van der Waals surface area contributed by atoms with Gasteiger partial charge in [-0.3, -0.25) is 9.80 Å². The fraction of sp³-hybridized carbons (Fsp3) is 0.864. The van der Waals surface area contributed by atoms with E-state index >= 15 is 0 Å². The highest BCUT2D eigenvalue weighted by Crippen LogP contribution is 2.29. The number of aliphatic hydroxyl groups excluding tert-OH is 1. The highest BCUT2D eigenvalue weighted by molar-refractivity contribution is 7.11. The molecule has 158 valence electrons. The molecule has 4 rings (SSSR count). The molecule has 2 fully saturated rings. The van der Waals surface area contributed by atoms with Crippen LogP contribution in [0.15, 0.2) is 0 Å². The summed E-state index contributed by atoms with van der Waals surface area (Å²) in [7, 11) is 0. The summed E-state index contributed by atoms with van der Waals surface area (Å²) < 4.78 is 0. The number of piperazine rings is 1. The van der Waals surface area contributed by atoms with Gasteiger partial charge >= 0.3 is 0 Å². The van der Waals surface area contributed by atoms with Gasteiger partial charge in [-0.2, -0.15) is 0 Å². The highest BCUT2D eigenvalue weighted by Gasteiger charge is 2.34. The Balaban J connectivity index is 1.34. The second-order valence-corrected chi connectivity index (χ2v) is 10.4. The minimum Gasteiger partial charge on any atom is -0.396 e. The van der Waals surface area contributed by atoms with Crippen molar-refractivity contribution in [2.24, 2.45) is 0 Å². The largest absolute Gasteiger partial charge is 0.396 e. The van der Waals surface area contributed by atoms with E-state index in [1.807, 2.05) is 11.3 Å². The fourth-order valence-corrected chi connectivity index (χ4v) is 6.56. The van der Waals surface area contributed by atoms with Gasteiger partial charge < -0.3 is 10.0 Å². The highest BCUT2D eigenvalue weighted by atomic mass is 32.1. The van der Waals surface area contributed by atoms with Crippen LogP contribution in [0, 0.1) is 0 Å². The lowest BCUT2D eigenvalue weighted by molar-refractivity contribution is -0.0000504. The van der Waals surface area contributed by atoms with Crippen LogP contribution < -0.4 is 0 Å². The van der Waals surface area contributed by atoms with Gasteiger partial charge in [0.25, 0.3) is 0 Å². The summed E-state index contributed by atoms with van der Waals surface area (Å²) in [5, 5.41) is 11.0. The number of rotatable bonds is 6. The van der Waals surface area contributed by atoms with E-state index < -0.39 is 0 Å². The Morgan fingerprint density at radius 3 is 2.61 bits per heavy atom. The Labute approximate surface area is 174 Å². The number of aryl methyl sites for hydroxylation is 2. The van der Waals surface area contributed by atoms with Crippen molar-refractivity contribution in [1.29, 1.82) is 0 Å². The maximum Gasteiger partial charge on any atom is 0.107 e. The molecule has 1 aromatic heterocycles. The zero-order valence-electron chi connectivity index (χ0n) is 17.8. The van der Waals surface area contributed by atoms with Gasteiger partial charge in [0.15, 0.2) is 0 Å². The van der Waals surface area contributed by atoms with Gasteiger partial charge in [-0.1, -0.05) is 0 Å². The number of piperidine rings is 1. The maximum absolute atomic E-state index is 9.67. The molecule has 5 nitrogen and oxygen atoms in total. The van der Waals surface area contributed by atoms with Crippen LogP contribution in [0.1, 0.15) is 61.5 Å². The lowest BCUT2D eigenvalue weighted by atomic mass is 9.97. The van der Waals surface area contributed by atoms with E-state index in [-0.39, 0.29) is 0 Å². The lowest BCUT2D eigenvalue weighted by Crippen LogP contribution is -2.58. The molecular formula is C22H38N4OS. The first-order valence-corrected chi connectivity index (χ1v) is 12.3. The Hall–Kier alpha value is -0.530. The second-order valence-electron chi connectivity index (χ2n) is 9.18. The molecule has 2 aliphatic heterocycles. The van der Waals surface area contributed by atoms with E-state index in [1.165, 1.54) is 62.3 Å². The van der Waals surface area contributed by atoms with Gasteiger partial charge in [-0.15, -0.1) is 11.3 Å². The van der Waals surface area contributed by atoms with E-state index in [0.717, 1.165) is 32.6 Å². The van der Waals surface area contributed by atoms with Gasteiger partial charge in [0.2, 0.25) is 0 Å². The normalized spacial score (nSPS) is 26.1. The second kappa shape index (κ2) is 9.52. The summed E-state index contributed by atoms with van der Waals surface area (Å²) in [4.78, 5) is 14.4. The molecule has 1 atom stereocenters. The molecule has 0 amide bonds. The average Bonchev–Trinajstić information content (AvgIpc) is 3.11. The zero-order valence-corrected chi connectivity index (χ0v) is 18.6. The molecular weight excluding hydrogens is 368 g/mol. The number of thiazole rings is 1. The van der Waals surface area contributed by atoms with Crippen molar-refractivity contribution >= 4 is 11.3 Å². The van der Waals surface area contributed by atoms with Crippen molar-refractivity contribution in [2.45, 2.75) is 83.5 Å². The zero-order chi connectivity index (χ0) is 19.5. The molecule has 6 heteroatoms. The molecule has 0 radical (unpaired) electrons. The molecule has 0 aromatic carbocycles. The minimum absolute atomic E-state index is 0.297. The predicted molar refractivity (Wildman–Crippen MR) is 116 cm³/mol. The predicted octanol–water partition coefficient (Wildman–Crippen LogP) is 2.76. The molecule has 1 aromatic rings. The Morgan fingerprint density at radius 2 is 1.89 bits per heavy atom. The molecule has 1 N–H and O–H groups in total. The van der Waals surface area contributed by atoms with Crippen molar-refractivity contribution in [3.63, 3.8) is 0 Å². The van der Waals surface area contributed by atoms with E-state index in [9.17, 15) is 5.11 Å². The molecule has 2 saturated heterocycles. The number of hydrogen-bond acceptors (Lipinski definition) is 6. The van der Waals surface area contributed by atoms with Gasteiger partial charge in [-0.05, 0) is 71.9 Å². The van der Waals surface area contributed by atoms with Crippen LogP contribution >= 0.6 is 11.3 Å². The minimum atomic E-state index is 0.297. The van der Waals surface area contributed by atoms with Gasteiger partial charge in [0.1, 0.15) is 5.01 Å². The molecule has 28 heavy (non-hydrogen) atoms. The summed E-state index contributed by atoms with van der Waals surface area (Å²) in [6.07, 6.45) is 8.52. The smallest absolute Gasteiger partial charge is 0.107 e. The number of aromatic nitrogens is 1. The van der Waals surface area contributed by atoms with E-state index in [2.05, 4.69) is 28.5 Å². The average molecular weight is 407 g/mol. The summed E-state index contributed by atoms with van der Waals surface area (Å²) in [5.41, 5.74) is 1.38. The van der Waals surface area contributed by atoms with Crippen LogP contribution in [0.4, 0.5) is 0 Å². The van der Waals surface area contributed by atoms with Crippen molar-refractivity contribution < 1.29 is 5.11 Å². The molecule has 0 unspecified atom stereocenters. The van der Waals surface area contributed by atoms with E-state index in [1.54, 1.807) is 4.88 Å². The molecule has 0 bridgehead atoms. The summed E-state index contributed by atoms with van der Waals surface area (Å²) in [6.45, 7) is 11.7. The van der Waals surface area contributed by atoms with Crippen LogP contribution in [0.3, 0.4) is 0 Å². The number of fused-ring (bicyclic) bond motifs is 1. The molecule has 0 spiro atoms. The van der Waals surface area contributed by atoms with Crippen LogP contribution in [0.5, 0.6) is 0 Å². The fourth-order valence-electron chi connectivity index (χ4n) is 5.36. The Bertz CT molecular complexity index is 603.